The van der Waals surface area contributed by atoms with E-state index in [9.17, 15) is 9.59 Å². The van der Waals surface area contributed by atoms with Crippen LogP contribution in [0.3, 0.4) is 0 Å². The molecule has 0 unspecified atom stereocenters. The summed E-state index contributed by atoms with van der Waals surface area (Å²) < 4.78 is 5.02. The molecule has 2 aromatic carbocycles. The molecule has 0 fully saturated rings. The molecule has 2 aromatic rings. The quantitative estimate of drug-likeness (QED) is 0.623. The lowest BCUT2D eigenvalue weighted by Gasteiger charge is -2.12. The largest absolute Gasteiger partial charge is 0.462 e. The zero-order valence-electron chi connectivity index (χ0n) is 14.5. The number of rotatable bonds is 7. The Labute approximate surface area is 167 Å². The molecule has 7 heteroatoms. The molecular formula is C19H19Cl2NO3S. The van der Waals surface area contributed by atoms with Crippen molar-refractivity contribution in [3.05, 3.63) is 63.1 Å². The molecule has 26 heavy (non-hydrogen) atoms. The molecule has 0 aliphatic rings. The first-order chi connectivity index (χ1) is 12.4. The Bertz CT molecular complexity index is 811. The lowest BCUT2D eigenvalue weighted by atomic mass is 10.1. The second-order valence-corrected chi connectivity index (χ2v) is 7.29. The minimum atomic E-state index is -0.393. The molecule has 0 atom stereocenters. The van der Waals surface area contributed by atoms with Gasteiger partial charge in [0.25, 0.3) is 0 Å². The minimum Gasteiger partial charge on any atom is -0.462 e. The third kappa shape index (κ3) is 5.66. The fourth-order valence-corrected chi connectivity index (χ4v) is 3.37. The van der Waals surface area contributed by atoms with Crippen molar-refractivity contribution in [1.82, 2.24) is 0 Å². The van der Waals surface area contributed by atoms with Crippen LogP contribution < -0.4 is 5.32 Å². The van der Waals surface area contributed by atoms with Crippen molar-refractivity contribution in [2.24, 2.45) is 0 Å². The van der Waals surface area contributed by atoms with E-state index in [-0.39, 0.29) is 11.7 Å². The molecule has 0 saturated carbocycles. The topological polar surface area (TPSA) is 55.4 Å². The summed E-state index contributed by atoms with van der Waals surface area (Å²) in [4.78, 5) is 24.1. The summed E-state index contributed by atoms with van der Waals surface area (Å²) in [6, 6.07) is 10.6. The predicted molar refractivity (Wildman–Crippen MR) is 108 cm³/mol. The Kier molecular flexibility index (Phi) is 7.82. The third-order valence-electron chi connectivity index (χ3n) is 3.59. The first-order valence-corrected chi connectivity index (χ1v) is 9.91. The van der Waals surface area contributed by atoms with Crippen LogP contribution in [0.2, 0.25) is 10.0 Å². The van der Waals surface area contributed by atoms with Crippen LogP contribution in [0.1, 0.15) is 28.4 Å². The summed E-state index contributed by atoms with van der Waals surface area (Å²) in [6.07, 6.45) is 0. The number of nitrogens with one attached hydrogen (secondary N) is 1. The van der Waals surface area contributed by atoms with Crippen molar-refractivity contribution < 1.29 is 14.3 Å². The standard InChI is InChI=1S/C19H19Cl2NO3S/c1-3-25-19(24)14-5-4-6-17(12(14)2)22-18(23)11-26-10-13-7-8-15(20)16(21)9-13/h4-9H,3,10-11H2,1-2H3,(H,22,23). The van der Waals surface area contributed by atoms with Gasteiger partial charge in [0.05, 0.1) is 28.0 Å². The van der Waals surface area contributed by atoms with Gasteiger partial charge in [-0.15, -0.1) is 11.8 Å². The average Bonchev–Trinajstić information content (AvgIpc) is 2.60. The molecule has 0 bridgehead atoms. The number of anilines is 1. The number of amides is 1. The lowest BCUT2D eigenvalue weighted by molar-refractivity contribution is -0.113. The molecule has 0 radical (unpaired) electrons. The number of thioether (sulfide) groups is 1. The maximum Gasteiger partial charge on any atom is 0.338 e. The molecule has 0 aliphatic carbocycles. The number of carbonyl (C=O) groups is 2. The minimum absolute atomic E-state index is 0.140. The summed E-state index contributed by atoms with van der Waals surface area (Å²) in [5, 5.41) is 3.85. The smallest absolute Gasteiger partial charge is 0.338 e. The summed E-state index contributed by atoms with van der Waals surface area (Å²) in [5.74, 6) is 0.393. The number of carbonyl (C=O) groups excluding carboxylic acids is 2. The van der Waals surface area contributed by atoms with Gasteiger partial charge in [-0.25, -0.2) is 4.79 Å². The third-order valence-corrected chi connectivity index (χ3v) is 5.33. The molecule has 138 valence electrons. The van der Waals surface area contributed by atoms with Gasteiger partial charge in [0, 0.05) is 11.4 Å². The number of halogens is 2. The van der Waals surface area contributed by atoms with E-state index in [4.69, 9.17) is 27.9 Å². The van der Waals surface area contributed by atoms with E-state index < -0.39 is 5.97 Å². The number of hydrogen-bond donors (Lipinski definition) is 1. The lowest BCUT2D eigenvalue weighted by Crippen LogP contribution is -2.16. The van der Waals surface area contributed by atoms with Crippen LogP contribution in [-0.2, 0) is 15.3 Å². The van der Waals surface area contributed by atoms with Gasteiger partial charge in [-0.3, -0.25) is 4.79 Å². The molecule has 0 saturated heterocycles. The summed E-state index contributed by atoms with van der Waals surface area (Å²) >= 11 is 13.3. The first kappa shape index (κ1) is 20.6. The van der Waals surface area contributed by atoms with Gasteiger partial charge in [0.15, 0.2) is 0 Å². The second kappa shape index (κ2) is 9.86. The molecule has 4 nitrogen and oxygen atoms in total. The van der Waals surface area contributed by atoms with E-state index in [0.29, 0.717) is 39.2 Å². The van der Waals surface area contributed by atoms with Crippen molar-refractivity contribution in [3.63, 3.8) is 0 Å². The van der Waals surface area contributed by atoms with Gasteiger partial charge >= 0.3 is 5.97 Å². The van der Waals surface area contributed by atoms with Crippen LogP contribution in [0.25, 0.3) is 0 Å². The Morgan fingerprint density at radius 1 is 1.15 bits per heavy atom. The number of benzene rings is 2. The van der Waals surface area contributed by atoms with Crippen molar-refractivity contribution in [3.8, 4) is 0 Å². The van der Waals surface area contributed by atoms with Crippen LogP contribution >= 0.6 is 35.0 Å². The van der Waals surface area contributed by atoms with Crippen molar-refractivity contribution in [1.29, 1.82) is 0 Å². The Morgan fingerprint density at radius 3 is 2.62 bits per heavy atom. The molecule has 0 aliphatic heterocycles. The van der Waals surface area contributed by atoms with Crippen LogP contribution in [0.15, 0.2) is 36.4 Å². The van der Waals surface area contributed by atoms with Gasteiger partial charge in [0.1, 0.15) is 0 Å². The summed E-state index contributed by atoms with van der Waals surface area (Å²) in [5.41, 5.74) is 2.75. The van der Waals surface area contributed by atoms with Crippen LogP contribution in [0, 0.1) is 6.92 Å². The highest BCUT2D eigenvalue weighted by molar-refractivity contribution is 7.99. The van der Waals surface area contributed by atoms with E-state index in [0.717, 1.165) is 5.56 Å². The fourth-order valence-electron chi connectivity index (χ4n) is 2.28. The molecule has 2 rings (SSSR count). The monoisotopic (exact) mass is 411 g/mol. The number of ether oxygens (including phenoxy) is 1. The van der Waals surface area contributed by atoms with Gasteiger partial charge < -0.3 is 10.1 Å². The molecule has 0 spiro atoms. The highest BCUT2D eigenvalue weighted by Crippen LogP contribution is 2.25. The van der Waals surface area contributed by atoms with E-state index in [1.165, 1.54) is 11.8 Å². The van der Waals surface area contributed by atoms with E-state index >= 15 is 0 Å². The highest BCUT2D eigenvalue weighted by atomic mass is 35.5. The zero-order valence-corrected chi connectivity index (χ0v) is 16.8. The Morgan fingerprint density at radius 2 is 1.92 bits per heavy atom. The second-order valence-electron chi connectivity index (χ2n) is 5.49. The molecule has 0 heterocycles. The summed E-state index contributed by atoms with van der Waals surface area (Å²) in [7, 11) is 0. The molecule has 0 aromatic heterocycles. The van der Waals surface area contributed by atoms with E-state index in [1.807, 2.05) is 6.07 Å². The maximum atomic E-state index is 12.2. The van der Waals surface area contributed by atoms with Crippen LogP contribution in [-0.4, -0.2) is 24.2 Å². The van der Waals surface area contributed by atoms with Gasteiger partial charge in [-0.05, 0) is 49.2 Å². The van der Waals surface area contributed by atoms with Gasteiger partial charge in [-0.1, -0.05) is 35.3 Å². The average molecular weight is 412 g/mol. The van der Waals surface area contributed by atoms with E-state index in [2.05, 4.69) is 5.32 Å². The van der Waals surface area contributed by atoms with E-state index in [1.54, 1.807) is 44.2 Å². The Hall–Kier alpha value is -1.69. The highest BCUT2D eigenvalue weighted by Gasteiger charge is 2.14. The van der Waals surface area contributed by atoms with Crippen LogP contribution in [0.4, 0.5) is 5.69 Å². The number of hydrogen-bond acceptors (Lipinski definition) is 4. The molecular weight excluding hydrogens is 393 g/mol. The van der Waals surface area contributed by atoms with Gasteiger partial charge in [-0.2, -0.15) is 0 Å². The molecule has 1 N–H and O–H groups in total. The van der Waals surface area contributed by atoms with Crippen LogP contribution in [0.5, 0.6) is 0 Å². The van der Waals surface area contributed by atoms with Gasteiger partial charge in [0.2, 0.25) is 5.91 Å². The summed E-state index contributed by atoms with van der Waals surface area (Å²) in [6.45, 7) is 3.84. The van der Waals surface area contributed by atoms with Crippen molar-refractivity contribution in [2.45, 2.75) is 19.6 Å². The predicted octanol–water partition coefficient (Wildman–Crippen LogP) is 5.35. The zero-order chi connectivity index (χ0) is 19.1. The fraction of sp³-hybridized carbons (Fsp3) is 0.263. The Balaban J connectivity index is 1.92. The SMILES string of the molecule is CCOC(=O)c1cccc(NC(=O)CSCc2ccc(Cl)c(Cl)c2)c1C. The number of esters is 1. The van der Waals surface area contributed by atoms with Crippen molar-refractivity contribution >= 4 is 52.5 Å². The van der Waals surface area contributed by atoms with Crippen molar-refractivity contribution in [2.75, 3.05) is 17.7 Å². The first-order valence-electron chi connectivity index (χ1n) is 8.00. The molecule has 1 amide bonds. The maximum absolute atomic E-state index is 12.2. The normalized spacial score (nSPS) is 10.5.